The van der Waals surface area contributed by atoms with Gasteiger partial charge in [0.25, 0.3) is 0 Å². The van der Waals surface area contributed by atoms with Crippen LogP contribution in [0.2, 0.25) is 0 Å². The van der Waals surface area contributed by atoms with Crippen LogP contribution in [0.1, 0.15) is 33.6 Å². The third-order valence-corrected chi connectivity index (χ3v) is 3.63. The molecule has 128 valence electrons. The maximum atomic E-state index is 12.2. The van der Waals surface area contributed by atoms with Gasteiger partial charge in [-0.1, -0.05) is 20.3 Å². The molecule has 0 aromatic rings. The molecule has 0 amide bonds. The average Bonchev–Trinajstić information content (AvgIpc) is 2.33. The lowest BCUT2D eigenvalue weighted by Gasteiger charge is -2.37. The monoisotopic (exact) mass is 317 g/mol. The number of esters is 1. The third-order valence-electron chi connectivity index (χ3n) is 3.63. The number of carbonyl (C=O) groups excluding carboxylic acids is 2. The number of likely N-dealkylation sites (N-methyl/N-ethyl adjacent to an activating group) is 1. The summed E-state index contributed by atoms with van der Waals surface area (Å²) in [4.78, 5) is 35.5. The number of hydrogen-bond donors (Lipinski definition) is 2. The minimum absolute atomic E-state index is 0.0631. The van der Waals surface area contributed by atoms with Crippen LogP contribution in [0.25, 0.3) is 0 Å². The number of carboxylic acid groups (broad SMARTS) is 1. The topological polar surface area (TPSA) is 107 Å². The van der Waals surface area contributed by atoms with Crippen molar-refractivity contribution in [3.63, 3.8) is 0 Å². The Kier molecular flexibility index (Phi) is 7.18. The lowest BCUT2D eigenvalue weighted by atomic mass is 9.92. The molecule has 0 heterocycles. The third kappa shape index (κ3) is 6.11. The number of carboxylic acids is 1. The van der Waals surface area contributed by atoms with E-state index in [1.807, 2.05) is 6.92 Å². The SMILES string of the molecule is CC[C@H](C)[C@H](N)C(=O)O[C@](CC(=O)O)(C[N+](C)(C)C)C(C)=O. The van der Waals surface area contributed by atoms with Crippen molar-refractivity contribution < 1.29 is 28.7 Å². The summed E-state index contributed by atoms with van der Waals surface area (Å²) in [7, 11) is 5.38. The number of nitrogens with two attached hydrogens (primary N) is 1. The molecule has 0 aliphatic heterocycles. The molecule has 3 atom stereocenters. The molecular formula is C15H29N2O5+. The first-order valence-corrected chi connectivity index (χ1v) is 7.36. The Morgan fingerprint density at radius 3 is 2.09 bits per heavy atom. The van der Waals surface area contributed by atoms with Gasteiger partial charge in [0.05, 0.1) is 27.6 Å². The van der Waals surface area contributed by atoms with Crippen LogP contribution >= 0.6 is 0 Å². The van der Waals surface area contributed by atoms with Gasteiger partial charge in [-0.3, -0.25) is 14.4 Å². The second kappa shape index (κ2) is 7.69. The molecule has 0 rings (SSSR count). The fourth-order valence-electron chi connectivity index (χ4n) is 2.19. The zero-order valence-electron chi connectivity index (χ0n) is 14.4. The molecule has 0 aromatic carbocycles. The number of ether oxygens (including phenoxy) is 1. The van der Waals surface area contributed by atoms with Crippen LogP contribution in [-0.2, 0) is 19.1 Å². The normalized spacial score (nSPS) is 17.2. The van der Waals surface area contributed by atoms with Crippen molar-refractivity contribution in [1.82, 2.24) is 0 Å². The number of ketones is 1. The van der Waals surface area contributed by atoms with Gasteiger partial charge >= 0.3 is 11.9 Å². The molecule has 0 saturated carbocycles. The van der Waals surface area contributed by atoms with Crippen molar-refractivity contribution >= 4 is 17.7 Å². The second-order valence-electron chi connectivity index (χ2n) is 6.90. The predicted molar refractivity (Wildman–Crippen MR) is 82.1 cm³/mol. The highest BCUT2D eigenvalue weighted by Crippen LogP contribution is 2.23. The summed E-state index contributed by atoms with van der Waals surface area (Å²) in [5.41, 5.74) is 4.13. The molecule has 0 bridgehead atoms. The Labute approximate surface area is 132 Å². The smallest absolute Gasteiger partial charge is 0.324 e. The molecule has 0 saturated heterocycles. The number of carbonyl (C=O) groups is 3. The summed E-state index contributed by atoms with van der Waals surface area (Å²) in [5, 5.41) is 9.12. The van der Waals surface area contributed by atoms with Crippen molar-refractivity contribution in [2.75, 3.05) is 27.7 Å². The molecule has 0 aliphatic rings. The molecule has 0 spiro atoms. The van der Waals surface area contributed by atoms with Gasteiger partial charge in [-0.2, -0.15) is 0 Å². The summed E-state index contributed by atoms with van der Waals surface area (Å²) in [5.74, 6) is -2.55. The van der Waals surface area contributed by atoms with E-state index in [1.165, 1.54) is 6.92 Å². The Hall–Kier alpha value is -1.47. The number of rotatable bonds is 9. The van der Waals surface area contributed by atoms with Crippen LogP contribution in [0.5, 0.6) is 0 Å². The van der Waals surface area contributed by atoms with Crippen LogP contribution in [0.15, 0.2) is 0 Å². The maximum absolute atomic E-state index is 12.2. The molecule has 7 heteroatoms. The highest BCUT2D eigenvalue weighted by molar-refractivity contribution is 5.92. The van der Waals surface area contributed by atoms with Crippen LogP contribution in [0.3, 0.4) is 0 Å². The molecule has 22 heavy (non-hydrogen) atoms. The van der Waals surface area contributed by atoms with Crippen LogP contribution in [0, 0.1) is 5.92 Å². The van der Waals surface area contributed by atoms with Gasteiger partial charge in [0.2, 0.25) is 5.60 Å². The molecular weight excluding hydrogens is 288 g/mol. The Morgan fingerprint density at radius 1 is 1.27 bits per heavy atom. The van der Waals surface area contributed by atoms with E-state index >= 15 is 0 Å². The number of quaternary nitrogens is 1. The molecule has 0 aliphatic carbocycles. The van der Waals surface area contributed by atoms with E-state index in [1.54, 1.807) is 28.1 Å². The number of aliphatic carboxylic acids is 1. The van der Waals surface area contributed by atoms with E-state index < -0.39 is 35.8 Å². The largest absolute Gasteiger partial charge is 0.481 e. The van der Waals surface area contributed by atoms with Crippen molar-refractivity contribution in [2.24, 2.45) is 11.7 Å². The van der Waals surface area contributed by atoms with E-state index in [4.69, 9.17) is 15.6 Å². The van der Waals surface area contributed by atoms with Crippen molar-refractivity contribution in [3.8, 4) is 0 Å². The Balaban J connectivity index is 5.51. The molecule has 0 unspecified atom stereocenters. The first-order valence-electron chi connectivity index (χ1n) is 7.36. The second-order valence-corrected chi connectivity index (χ2v) is 6.90. The lowest BCUT2D eigenvalue weighted by molar-refractivity contribution is -0.875. The van der Waals surface area contributed by atoms with Gasteiger partial charge in [-0.25, -0.2) is 0 Å². The number of hydrogen-bond acceptors (Lipinski definition) is 5. The van der Waals surface area contributed by atoms with Crippen LogP contribution < -0.4 is 5.73 Å². The van der Waals surface area contributed by atoms with Crippen molar-refractivity contribution in [3.05, 3.63) is 0 Å². The number of Topliss-reactive ketones (excluding diaryl/α,β-unsaturated/α-hetero) is 1. The fraction of sp³-hybridized carbons (Fsp3) is 0.800. The van der Waals surface area contributed by atoms with Gasteiger partial charge in [-0.05, 0) is 12.8 Å². The van der Waals surface area contributed by atoms with Gasteiger partial charge < -0.3 is 20.1 Å². The predicted octanol–water partition coefficient (Wildman–Crippen LogP) is 0.412. The summed E-state index contributed by atoms with van der Waals surface area (Å²) < 4.78 is 5.64. The standard InChI is InChI=1S/C15H28N2O5/c1-7-10(2)13(16)14(21)22-15(11(3)18,8-12(19)20)9-17(4,5)6/h10,13H,7-9,16H2,1-6H3/p+1/t10-,13-,15+/m0/s1. The first kappa shape index (κ1) is 20.5. The zero-order chi connectivity index (χ0) is 17.7. The van der Waals surface area contributed by atoms with E-state index in [-0.39, 0.29) is 16.9 Å². The van der Waals surface area contributed by atoms with E-state index in [0.717, 1.165) is 0 Å². The van der Waals surface area contributed by atoms with E-state index in [0.29, 0.717) is 6.42 Å². The quantitative estimate of drug-likeness (QED) is 0.471. The van der Waals surface area contributed by atoms with E-state index in [2.05, 4.69) is 0 Å². The van der Waals surface area contributed by atoms with Gasteiger partial charge in [0.1, 0.15) is 12.6 Å². The minimum atomic E-state index is -1.70. The van der Waals surface area contributed by atoms with Crippen molar-refractivity contribution in [1.29, 1.82) is 0 Å². The maximum Gasteiger partial charge on any atom is 0.324 e. The van der Waals surface area contributed by atoms with Gasteiger partial charge in [0, 0.05) is 0 Å². The highest BCUT2D eigenvalue weighted by atomic mass is 16.6. The van der Waals surface area contributed by atoms with Crippen LogP contribution in [0.4, 0.5) is 0 Å². The average molecular weight is 317 g/mol. The zero-order valence-corrected chi connectivity index (χ0v) is 14.4. The lowest BCUT2D eigenvalue weighted by Crippen LogP contribution is -2.58. The number of nitrogens with zero attached hydrogens (tertiary/aromatic N) is 1. The Morgan fingerprint density at radius 2 is 1.77 bits per heavy atom. The Bertz CT molecular complexity index is 430. The summed E-state index contributed by atoms with van der Waals surface area (Å²) >= 11 is 0. The van der Waals surface area contributed by atoms with Gasteiger partial charge in [0.15, 0.2) is 5.78 Å². The summed E-state index contributed by atoms with van der Waals surface area (Å²) in [6, 6.07) is -0.884. The molecule has 0 radical (unpaired) electrons. The molecule has 7 nitrogen and oxygen atoms in total. The molecule has 3 N–H and O–H groups in total. The van der Waals surface area contributed by atoms with Crippen molar-refractivity contribution in [2.45, 2.75) is 45.3 Å². The molecule has 0 aromatic heterocycles. The summed E-state index contributed by atoms with van der Waals surface area (Å²) in [6.45, 7) is 4.99. The summed E-state index contributed by atoms with van der Waals surface area (Å²) in [6.07, 6.45) is 0.106. The van der Waals surface area contributed by atoms with Gasteiger partial charge in [-0.15, -0.1) is 0 Å². The molecule has 0 fully saturated rings. The highest BCUT2D eigenvalue weighted by Gasteiger charge is 2.47. The fourth-order valence-corrected chi connectivity index (χ4v) is 2.19. The van der Waals surface area contributed by atoms with E-state index in [9.17, 15) is 14.4 Å². The van der Waals surface area contributed by atoms with Crippen LogP contribution in [-0.4, -0.2) is 66.6 Å². The first-order chi connectivity index (χ1) is 9.84. The minimum Gasteiger partial charge on any atom is -0.481 e.